The first-order valence-corrected chi connectivity index (χ1v) is 12.2. The van der Waals surface area contributed by atoms with Crippen molar-refractivity contribution in [2.75, 3.05) is 4.41 Å². The van der Waals surface area contributed by atoms with Crippen molar-refractivity contribution in [2.45, 2.75) is 13.3 Å². The number of H-pyrrole nitrogens is 1. The molecule has 0 radical (unpaired) electrons. The molecule has 0 aliphatic rings. The molecule has 4 aromatic rings. The molecule has 3 aromatic heterocycles. The summed E-state index contributed by atoms with van der Waals surface area (Å²) in [4.78, 5) is 2.69. The second-order valence-corrected chi connectivity index (χ2v) is 11.6. The third-order valence-electron chi connectivity index (χ3n) is 3.90. The average Bonchev–Trinajstić information content (AvgIpc) is 3.41. The number of aromatic amines is 1. The van der Waals surface area contributed by atoms with Gasteiger partial charge < -0.3 is 4.98 Å². The molecule has 0 aliphatic heterocycles. The smallest absolute Gasteiger partial charge is 0.288 e. The zero-order chi connectivity index (χ0) is 19.2. The first kappa shape index (κ1) is 18.2. The zero-order valence-electron chi connectivity index (χ0n) is 13.6. The fourth-order valence-electron chi connectivity index (χ4n) is 2.67. The SMILES string of the molecule is NN(c1[nH]c2ccccc2c1S(=O)(=O)c1cccs1)S(=O)(=O)c1cccs1. The van der Waals surface area contributed by atoms with Crippen molar-refractivity contribution in [3.63, 3.8) is 0 Å². The third kappa shape index (κ3) is 2.87. The number of hydrazine groups is 1. The summed E-state index contributed by atoms with van der Waals surface area (Å²) in [5, 5.41) is 3.62. The average molecular weight is 440 g/mol. The van der Waals surface area contributed by atoms with Gasteiger partial charge in [-0.05, 0) is 29.0 Å². The highest BCUT2D eigenvalue weighted by atomic mass is 32.2. The fraction of sp³-hybridized carbons (Fsp3) is 0. The summed E-state index contributed by atoms with van der Waals surface area (Å²) in [6, 6.07) is 12.8. The first-order chi connectivity index (χ1) is 12.8. The lowest BCUT2D eigenvalue weighted by Gasteiger charge is -2.17. The van der Waals surface area contributed by atoms with Gasteiger partial charge in [0.25, 0.3) is 10.0 Å². The van der Waals surface area contributed by atoms with Crippen LogP contribution >= 0.6 is 22.7 Å². The summed E-state index contributed by atoms with van der Waals surface area (Å²) in [6.45, 7) is 0. The maximum Gasteiger partial charge on any atom is 0.288 e. The van der Waals surface area contributed by atoms with Crippen LogP contribution < -0.4 is 10.3 Å². The maximum atomic E-state index is 13.2. The molecule has 3 N–H and O–H groups in total. The van der Waals surface area contributed by atoms with Gasteiger partial charge in [-0.1, -0.05) is 30.3 Å². The zero-order valence-corrected chi connectivity index (χ0v) is 16.8. The lowest BCUT2D eigenvalue weighted by atomic mass is 10.2. The number of nitrogens with two attached hydrogens (primary N) is 1. The number of nitrogens with zero attached hydrogens (tertiary/aromatic N) is 1. The lowest BCUT2D eigenvalue weighted by molar-refractivity contribution is 0.592. The largest absolute Gasteiger partial charge is 0.338 e. The lowest BCUT2D eigenvalue weighted by Crippen LogP contribution is -2.38. The summed E-state index contributed by atoms with van der Waals surface area (Å²) >= 11 is 2.05. The van der Waals surface area contributed by atoms with Crippen molar-refractivity contribution in [2.24, 2.45) is 5.84 Å². The quantitative estimate of drug-likeness (QED) is 0.366. The predicted octanol–water partition coefficient (Wildman–Crippen LogP) is 3.19. The number of benzene rings is 1. The van der Waals surface area contributed by atoms with Crippen LogP contribution in [0.3, 0.4) is 0 Å². The van der Waals surface area contributed by atoms with E-state index in [1.807, 2.05) is 0 Å². The Morgan fingerprint density at radius 3 is 2.11 bits per heavy atom. The number of rotatable bonds is 5. The van der Waals surface area contributed by atoms with Crippen LogP contribution in [0.2, 0.25) is 0 Å². The van der Waals surface area contributed by atoms with Crippen LogP contribution in [-0.2, 0) is 19.9 Å². The highest BCUT2D eigenvalue weighted by Gasteiger charge is 2.34. The minimum absolute atomic E-state index is 0.0168. The molecule has 0 unspecified atom stereocenters. The van der Waals surface area contributed by atoms with Crippen molar-refractivity contribution in [3.8, 4) is 0 Å². The second kappa shape index (κ2) is 6.46. The highest BCUT2D eigenvalue weighted by molar-refractivity contribution is 7.95. The van der Waals surface area contributed by atoms with Crippen molar-refractivity contribution in [3.05, 3.63) is 59.3 Å². The number of sulfone groups is 1. The molecule has 0 spiro atoms. The van der Waals surface area contributed by atoms with E-state index in [0.29, 0.717) is 15.3 Å². The molecule has 0 aliphatic carbocycles. The molecule has 0 saturated carbocycles. The number of aromatic nitrogens is 1. The summed E-state index contributed by atoms with van der Waals surface area (Å²) in [5.74, 6) is 5.74. The number of nitrogens with one attached hydrogen (secondary N) is 1. The van der Waals surface area contributed by atoms with E-state index in [-0.39, 0.29) is 19.1 Å². The topological polar surface area (TPSA) is 113 Å². The Hall–Kier alpha value is -2.18. The highest BCUT2D eigenvalue weighted by Crippen LogP contribution is 2.38. The van der Waals surface area contributed by atoms with Crippen LogP contribution in [0.1, 0.15) is 0 Å². The molecule has 0 amide bonds. The monoisotopic (exact) mass is 439 g/mol. The van der Waals surface area contributed by atoms with Gasteiger partial charge in [0.1, 0.15) is 13.3 Å². The van der Waals surface area contributed by atoms with Crippen LogP contribution in [-0.4, -0.2) is 21.8 Å². The summed E-state index contributed by atoms with van der Waals surface area (Å²) in [5.41, 5.74) is 0.472. The maximum absolute atomic E-state index is 13.2. The molecule has 11 heteroatoms. The number of fused-ring (bicyclic) bond motifs is 1. The molecule has 0 atom stereocenters. The van der Waals surface area contributed by atoms with Crippen LogP contribution in [0.4, 0.5) is 5.82 Å². The van der Waals surface area contributed by atoms with Crippen LogP contribution in [0, 0.1) is 0 Å². The van der Waals surface area contributed by atoms with E-state index in [2.05, 4.69) is 4.98 Å². The predicted molar refractivity (Wildman–Crippen MR) is 106 cm³/mol. The summed E-state index contributed by atoms with van der Waals surface area (Å²) in [7, 11) is -8.09. The van der Waals surface area contributed by atoms with Gasteiger partial charge in [-0.15, -0.1) is 22.7 Å². The fourth-order valence-corrected chi connectivity index (χ4v) is 7.60. The Balaban J connectivity index is 2.00. The Labute approximate surface area is 163 Å². The van der Waals surface area contributed by atoms with E-state index >= 15 is 0 Å². The molecule has 0 fully saturated rings. The molecule has 1 aromatic carbocycles. The summed E-state index contributed by atoms with van der Waals surface area (Å²) < 4.78 is 52.7. The Kier molecular flexibility index (Phi) is 4.35. The molecule has 3 heterocycles. The molecular formula is C16H13N3O4S4. The van der Waals surface area contributed by atoms with Crippen molar-refractivity contribution < 1.29 is 16.8 Å². The van der Waals surface area contributed by atoms with Crippen molar-refractivity contribution >= 4 is 59.3 Å². The first-order valence-electron chi connectivity index (χ1n) is 7.56. The van der Waals surface area contributed by atoms with Gasteiger partial charge in [0.15, 0.2) is 5.82 Å². The third-order valence-corrected chi connectivity index (χ3v) is 10.0. The normalized spacial score (nSPS) is 12.5. The van der Waals surface area contributed by atoms with Gasteiger partial charge in [-0.3, -0.25) is 0 Å². The number of hydrogen-bond acceptors (Lipinski definition) is 7. The van der Waals surface area contributed by atoms with Gasteiger partial charge >= 0.3 is 0 Å². The molecular weight excluding hydrogens is 426 g/mol. The number of thiophene rings is 2. The van der Waals surface area contributed by atoms with Gasteiger partial charge in [0, 0.05) is 10.9 Å². The summed E-state index contributed by atoms with van der Waals surface area (Å²) in [6.07, 6.45) is 0. The van der Waals surface area contributed by atoms with Crippen LogP contribution in [0.25, 0.3) is 10.9 Å². The van der Waals surface area contributed by atoms with Gasteiger partial charge in [-0.25, -0.2) is 14.3 Å². The van der Waals surface area contributed by atoms with E-state index in [9.17, 15) is 16.8 Å². The van der Waals surface area contributed by atoms with E-state index in [1.165, 1.54) is 12.1 Å². The number of para-hydroxylation sites is 1. The van der Waals surface area contributed by atoms with Gasteiger partial charge in [-0.2, -0.15) is 12.8 Å². The Morgan fingerprint density at radius 2 is 1.48 bits per heavy atom. The van der Waals surface area contributed by atoms with E-state index in [0.717, 1.165) is 22.7 Å². The molecule has 140 valence electrons. The molecule has 0 bridgehead atoms. The minimum atomic E-state index is -4.11. The van der Waals surface area contributed by atoms with Gasteiger partial charge in [0.05, 0.1) is 0 Å². The standard InChI is InChI=1S/C16H13N3O4S4/c17-19(27(22,23)14-8-4-10-25-14)16-15(11-5-1-2-6-12(11)18-16)26(20,21)13-7-3-9-24-13/h1-10,18H,17H2. The molecule has 27 heavy (non-hydrogen) atoms. The van der Waals surface area contributed by atoms with Crippen molar-refractivity contribution in [1.82, 2.24) is 4.98 Å². The van der Waals surface area contributed by atoms with E-state index < -0.39 is 19.9 Å². The second-order valence-electron chi connectivity index (χ2n) is 5.52. The molecule has 4 rings (SSSR count). The Bertz CT molecular complexity index is 1310. The number of hydrogen-bond donors (Lipinski definition) is 2. The van der Waals surface area contributed by atoms with Crippen molar-refractivity contribution in [1.29, 1.82) is 0 Å². The molecule has 0 saturated heterocycles. The Morgan fingerprint density at radius 1 is 0.852 bits per heavy atom. The number of sulfonamides is 1. The molecule has 7 nitrogen and oxygen atoms in total. The van der Waals surface area contributed by atoms with Crippen LogP contribution in [0.5, 0.6) is 0 Å². The number of anilines is 1. The van der Waals surface area contributed by atoms with E-state index in [4.69, 9.17) is 5.84 Å². The minimum Gasteiger partial charge on any atom is -0.338 e. The van der Waals surface area contributed by atoms with E-state index in [1.54, 1.807) is 47.2 Å². The van der Waals surface area contributed by atoms with Gasteiger partial charge in [0.2, 0.25) is 9.84 Å². The van der Waals surface area contributed by atoms with Crippen LogP contribution in [0.15, 0.2) is 72.6 Å².